The normalized spacial score (nSPS) is 17.2. The van der Waals surface area contributed by atoms with Crippen molar-refractivity contribution < 1.29 is 0 Å². The van der Waals surface area contributed by atoms with E-state index in [1.165, 1.54) is 77.3 Å². The molecule has 0 N–H and O–H groups in total. The van der Waals surface area contributed by atoms with E-state index in [1.54, 1.807) is 0 Å². The molecule has 2 heterocycles. The van der Waals surface area contributed by atoms with E-state index in [4.69, 9.17) is 0 Å². The number of allylic oxidation sites excluding steroid dienone is 8. The van der Waals surface area contributed by atoms with Crippen molar-refractivity contribution in [3.8, 4) is 11.4 Å². The molecule has 226 valence electrons. The monoisotopic (exact) mass is 612 g/mol. The van der Waals surface area contributed by atoms with Gasteiger partial charge in [-0.2, -0.15) is 0 Å². The van der Waals surface area contributed by atoms with Crippen LogP contribution < -0.4 is 0 Å². The van der Waals surface area contributed by atoms with Crippen molar-refractivity contribution in [1.82, 2.24) is 9.13 Å². The number of para-hydroxylation sites is 4. The summed E-state index contributed by atoms with van der Waals surface area (Å²) in [5.41, 5.74) is 12.6. The van der Waals surface area contributed by atoms with Crippen molar-refractivity contribution in [2.24, 2.45) is 11.8 Å². The molecule has 0 aliphatic heterocycles. The molecule has 0 amide bonds. The Balaban J connectivity index is 1.12. The molecular weight excluding hydrogens is 581 g/mol. The highest BCUT2D eigenvalue weighted by Crippen LogP contribution is 2.46. The van der Waals surface area contributed by atoms with E-state index in [-0.39, 0.29) is 11.8 Å². The third-order valence-electron chi connectivity index (χ3n) is 10.3. The lowest BCUT2D eigenvalue weighted by atomic mass is 9.71. The molecule has 0 saturated carbocycles. The molecule has 0 saturated heterocycles. The van der Waals surface area contributed by atoms with Gasteiger partial charge in [-0.3, -0.25) is 0 Å². The lowest BCUT2D eigenvalue weighted by Crippen LogP contribution is -2.19. The van der Waals surface area contributed by atoms with Crippen LogP contribution in [0.1, 0.15) is 11.1 Å². The third kappa shape index (κ3) is 4.06. The van der Waals surface area contributed by atoms with Crippen LogP contribution in [0.15, 0.2) is 182 Å². The standard InChI is InChI=1S/C46H32N2/c1-3-13-33(14-4-1)47-43-21-11-9-19-39(43)41-29-31(23-27-45(41)47)35-25-26-36(38-18-8-7-17-37(35)38)32-24-28-46-42(30-32)40-20-10-12-22-44(40)48(46)34-15-5-2-6-16-34/h1-30,37-38H. The molecule has 6 aromatic carbocycles. The Morgan fingerprint density at radius 3 is 1.21 bits per heavy atom. The molecule has 2 unspecified atom stereocenters. The van der Waals surface area contributed by atoms with Gasteiger partial charge in [-0.15, -0.1) is 0 Å². The van der Waals surface area contributed by atoms with Crippen LogP contribution in [-0.2, 0) is 0 Å². The second kappa shape index (κ2) is 10.7. The average Bonchev–Trinajstić information content (AvgIpc) is 3.67. The van der Waals surface area contributed by atoms with Crippen LogP contribution >= 0.6 is 0 Å². The van der Waals surface area contributed by atoms with E-state index in [0.717, 1.165) is 0 Å². The van der Waals surface area contributed by atoms with Gasteiger partial charge >= 0.3 is 0 Å². The van der Waals surface area contributed by atoms with Gasteiger partial charge in [0.05, 0.1) is 22.1 Å². The quantitative estimate of drug-likeness (QED) is 0.187. The van der Waals surface area contributed by atoms with Crippen LogP contribution in [0.25, 0.3) is 66.1 Å². The first-order chi connectivity index (χ1) is 23.8. The van der Waals surface area contributed by atoms with Crippen LogP contribution in [0, 0.1) is 11.8 Å². The van der Waals surface area contributed by atoms with Gasteiger partial charge in [0.15, 0.2) is 0 Å². The minimum Gasteiger partial charge on any atom is -0.309 e. The molecule has 2 nitrogen and oxygen atoms in total. The second-order valence-electron chi connectivity index (χ2n) is 12.9. The van der Waals surface area contributed by atoms with Gasteiger partial charge in [0.25, 0.3) is 0 Å². The average molecular weight is 613 g/mol. The van der Waals surface area contributed by atoms with Gasteiger partial charge in [0.2, 0.25) is 0 Å². The number of nitrogens with zero attached hydrogens (tertiary/aromatic N) is 2. The van der Waals surface area contributed by atoms with Crippen molar-refractivity contribution >= 4 is 54.8 Å². The van der Waals surface area contributed by atoms with Gasteiger partial charge in [-0.25, -0.2) is 0 Å². The highest BCUT2D eigenvalue weighted by molar-refractivity contribution is 6.11. The smallest absolute Gasteiger partial charge is 0.0541 e. The maximum atomic E-state index is 2.41. The van der Waals surface area contributed by atoms with Crippen LogP contribution in [0.5, 0.6) is 0 Å². The van der Waals surface area contributed by atoms with E-state index in [9.17, 15) is 0 Å². The van der Waals surface area contributed by atoms with Crippen LogP contribution in [0.3, 0.4) is 0 Å². The predicted octanol–water partition coefficient (Wildman–Crippen LogP) is 11.7. The first kappa shape index (κ1) is 27.0. The number of rotatable bonds is 4. The first-order valence-electron chi connectivity index (χ1n) is 16.8. The number of hydrogen-bond acceptors (Lipinski definition) is 0. The zero-order valence-corrected chi connectivity index (χ0v) is 26.4. The maximum Gasteiger partial charge on any atom is 0.0541 e. The summed E-state index contributed by atoms with van der Waals surface area (Å²) in [5.74, 6) is 0.521. The highest BCUT2D eigenvalue weighted by atomic mass is 15.0. The minimum atomic E-state index is 0.260. The molecule has 10 rings (SSSR count). The largest absolute Gasteiger partial charge is 0.309 e. The molecular formula is C46H32N2. The number of aromatic nitrogens is 2. The van der Waals surface area contributed by atoms with E-state index in [1.807, 2.05) is 0 Å². The Labute approximate surface area is 279 Å². The number of fused-ring (bicyclic) bond motifs is 7. The third-order valence-corrected chi connectivity index (χ3v) is 10.3. The van der Waals surface area contributed by atoms with Crippen molar-refractivity contribution in [3.63, 3.8) is 0 Å². The van der Waals surface area contributed by atoms with E-state index < -0.39 is 0 Å². The number of hydrogen-bond donors (Lipinski definition) is 0. The zero-order chi connectivity index (χ0) is 31.6. The summed E-state index contributed by atoms with van der Waals surface area (Å²) in [4.78, 5) is 0. The minimum absolute atomic E-state index is 0.260. The summed E-state index contributed by atoms with van der Waals surface area (Å²) in [6.07, 6.45) is 14.0. The lowest BCUT2D eigenvalue weighted by molar-refractivity contribution is 0.695. The van der Waals surface area contributed by atoms with E-state index in [0.29, 0.717) is 0 Å². The van der Waals surface area contributed by atoms with Crippen LogP contribution in [-0.4, -0.2) is 9.13 Å². The Morgan fingerprint density at radius 1 is 0.354 bits per heavy atom. The summed E-state index contributed by atoms with van der Waals surface area (Å²) in [6.45, 7) is 0. The molecule has 2 aliphatic rings. The van der Waals surface area contributed by atoms with Crippen molar-refractivity contribution in [2.75, 3.05) is 0 Å². The van der Waals surface area contributed by atoms with Crippen LogP contribution in [0.2, 0.25) is 0 Å². The second-order valence-corrected chi connectivity index (χ2v) is 12.9. The predicted molar refractivity (Wildman–Crippen MR) is 203 cm³/mol. The molecule has 0 radical (unpaired) electrons. The SMILES string of the molecule is C1=CC2C(c3ccc4c(c3)c3ccccc3n4-c3ccccc3)=CC=C(c3ccc4c(c3)c3ccccc3n4-c3ccccc3)C2C=C1. The molecule has 0 bridgehead atoms. The molecule has 2 aromatic heterocycles. The Kier molecular flexibility index (Phi) is 6.04. The Hall–Kier alpha value is -6.12. The lowest BCUT2D eigenvalue weighted by Gasteiger charge is -2.32. The van der Waals surface area contributed by atoms with Crippen molar-refractivity contribution in [2.45, 2.75) is 0 Å². The Bertz CT molecular complexity index is 2470. The first-order valence-corrected chi connectivity index (χ1v) is 16.8. The molecule has 2 atom stereocenters. The van der Waals surface area contributed by atoms with Gasteiger partial charge in [-0.1, -0.05) is 121 Å². The molecule has 0 fully saturated rings. The Morgan fingerprint density at radius 2 is 0.750 bits per heavy atom. The summed E-state index contributed by atoms with van der Waals surface area (Å²) in [7, 11) is 0. The van der Waals surface area contributed by atoms with Gasteiger partial charge in [-0.05, 0) is 82.9 Å². The van der Waals surface area contributed by atoms with E-state index in [2.05, 4.69) is 191 Å². The van der Waals surface area contributed by atoms with Gasteiger partial charge in [0, 0.05) is 44.8 Å². The summed E-state index contributed by atoms with van der Waals surface area (Å²) in [6, 6.07) is 53.0. The molecule has 2 aliphatic carbocycles. The summed E-state index contributed by atoms with van der Waals surface area (Å²) < 4.78 is 4.78. The van der Waals surface area contributed by atoms with Crippen molar-refractivity contribution in [1.29, 1.82) is 0 Å². The van der Waals surface area contributed by atoms with Crippen molar-refractivity contribution in [3.05, 3.63) is 193 Å². The van der Waals surface area contributed by atoms with Gasteiger partial charge in [0.1, 0.15) is 0 Å². The van der Waals surface area contributed by atoms with Gasteiger partial charge < -0.3 is 9.13 Å². The highest BCUT2D eigenvalue weighted by Gasteiger charge is 2.30. The fourth-order valence-corrected chi connectivity index (χ4v) is 8.20. The van der Waals surface area contributed by atoms with Crippen LogP contribution in [0.4, 0.5) is 0 Å². The molecule has 0 spiro atoms. The zero-order valence-electron chi connectivity index (χ0n) is 26.4. The van der Waals surface area contributed by atoms with E-state index >= 15 is 0 Å². The fraction of sp³-hybridized carbons (Fsp3) is 0.0435. The topological polar surface area (TPSA) is 9.86 Å². The maximum absolute atomic E-state index is 2.41. The molecule has 48 heavy (non-hydrogen) atoms. The molecule has 8 aromatic rings. The number of benzene rings is 6. The molecule has 2 heteroatoms. The summed E-state index contributed by atoms with van der Waals surface area (Å²) >= 11 is 0. The summed E-state index contributed by atoms with van der Waals surface area (Å²) in [5, 5.41) is 5.14. The fourth-order valence-electron chi connectivity index (χ4n) is 8.20.